The fraction of sp³-hybridized carbons (Fsp3) is 1.00. The van der Waals surface area contributed by atoms with Crippen LogP contribution in [0.5, 0.6) is 0 Å². The van der Waals surface area contributed by atoms with Crippen LogP contribution in [0.15, 0.2) is 0 Å². The van der Waals surface area contributed by atoms with Crippen LogP contribution in [0.4, 0.5) is 0 Å². The normalized spacial score (nSPS) is 22.7. The average molecular weight is 500 g/mol. The van der Waals surface area contributed by atoms with E-state index < -0.39 is 31.4 Å². The molecular weight excluding hydrogens is 463 g/mol. The van der Waals surface area contributed by atoms with Gasteiger partial charge in [0, 0.05) is 52.4 Å². The maximum Gasteiger partial charge on any atom is 1.00 e. The zero-order valence-electron chi connectivity index (χ0n) is 19.2. The van der Waals surface area contributed by atoms with Crippen LogP contribution in [0.2, 0.25) is 0 Å². The maximum atomic E-state index is 12.4. The molecule has 2 fully saturated rings. The molecular formula is C16H36N4NaO8S2+. The molecule has 0 aromatic rings. The Hall–Kier alpha value is 0.580. The van der Waals surface area contributed by atoms with Gasteiger partial charge in [-0.05, 0) is 0 Å². The SMILES string of the molecule is O=S(=O)(O)CC[N+]1(C(CN2CCN(CCO)CC2)S(=O)(=O)O)CCN(CCO)CC1.[H-].[Na+]. The van der Waals surface area contributed by atoms with Crippen LogP contribution < -0.4 is 29.6 Å². The Morgan fingerprint density at radius 3 is 1.68 bits per heavy atom. The molecule has 0 radical (unpaired) electrons. The Morgan fingerprint density at radius 2 is 1.26 bits per heavy atom. The molecule has 0 aromatic carbocycles. The van der Waals surface area contributed by atoms with Gasteiger partial charge in [0.1, 0.15) is 5.75 Å². The Morgan fingerprint density at radius 1 is 0.806 bits per heavy atom. The van der Waals surface area contributed by atoms with Crippen LogP contribution in [-0.2, 0) is 20.2 Å². The molecule has 2 aliphatic heterocycles. The molecule has 2 aliphatic rings. The van der Waals surface area contributed by atoms with Crippen LogP contribution in [-0.4, -0.2) is 158 Å². The Balaban J connectivity index is 0.00000480. The first kappa shape index (κ1) is 29.6. The fourth-order valence-electron chi connectivity index (χ4n) is 4.33. The van der Waals surface area contributed by atoms with E-state index >= 15 is 0 Å². The summed E-state index contributed by atoms with van der Waals surface area (Å²) in [4.78, 5) is 5.95. The second-order valence-electron chi connectivity index (χ2n) is 8.08. The Labute approximate surface area is 208 Å². The largest absolute Gasteiger partial charge is 1.00 e. The molecule has 4 N–H and O–H groups in total. The van der Waals surface area contributed by atoms with Crippen molar-refractivity contribution in [3.05, 3.63) is 0 Å². The van der Waals surface area contributed by atoms with Crippen molar-refractivity contribution in [2.24, 2.45) is 0 Å². The molecule has 0 spiro atoms. The summed E-state index contributed by atoms with van der Waals surface area (Å²) in [6.07, 6.45) is 0. The van der Waals surface area contributed by atoms with Gasteiger partial charge in [-0.1, -0.05) is 0 Å². The summed E-state index contributed by atoms with van der Waals surface area (Å²) < 4.78 is 66.8. The Bertz CT molecular complexity index is 745. The van der Waals surface area contributed by atoms with Gasteiger partial charge in [-0.2, -0.15) is 16.8 Å². The molecule has 0 saturated carbocycles. The van der Waals surface area contributed by atoms with Gasteiger partial charge in [-0.25, -0.2) is 0 Å². The fourth-order valence-corrected chi connectivity index (χ4v) is 6.21. The van der Waals surface area contributed by atoms with Crippen LogP contribution in [0.3, 0.4) is 0 Å². The van der Waals surface area contributed by atoms with Crippen molar-refractivity contribution in [3.8, 4) is 0 Å². The molecule has 0 bridgehead atoms. The summed E-state index contributed by atoms with van der Waals surface area (Å²) in [6.45, 7) is 4.84. The monoisotopic (exact) mass is 499 g/mol. The summed E-state index contributed by atoms with van der Waals surface area (Å²) in [6, 6.07) is 0. The van der Waals surface area contributed by atoms with Crippen molar-refractivity contribution >= 4 is 20.2 Å². The van der Waals surface area contributed by atoms with E-state index in [4.69, 9.17) is 10.2 Å². The smallest absolute Gasteiger partial charge is 1.00 e. The molecule has 0 aromatic heterocycles. The van der Waals surface area contributed by atoms with E-state index in [1.807, 2.05) is 9.80 Å². The van der Waals surface area contributed by atoms with Crippen molar-refractivity contribution in [2.75, 3.05) is 97.5 Å². The van der Waals surface area contributed by atoms with Crippen molar-refractivity contribution in [1.82, 2.24) is 14.7 Å². The third-order valence-electron chi connectivity index (χ3n) is 6.18. The third kappa shape index (κ3) is 9.39. The molecule has 0 amide bonds. The minimum Gasteiger partial charge on any atom is -1.00 e. The van der Waals surface area contributed by atoms with Gasteiger partial charge in [-0.15, -0.1) is 0 Å². The van der Waals surface area contributed by atoms with E-state index in [-0.39, 0.29) is 74.9 Å². The zero-order valence-corrected chi connectivity index (χ0v) is 21.8. The van der Waals surface area contributed by atoms with Crippen molar-refractivity contribution in [1.29, 1.82) is 0 Å². The van der Waals surface area contributed by atoms with E-state index in [9.17, 15) is 25.9 Å². The maximum absolute atomic E-state index is 12.4. The molecule has 2 heterocycles. The minimum absolute atomic E-state index is 0. The number of aliphatic hydroxyl groups excluding tert-OH is 2. The van der Waals surface area contributed by atoms with Gasteiger partial charge in [-0.3, -0.25) is 23.8 Å². The van der Waals surface area contributed by atoms with Gasteiger partial charge < -0.3 is 16.1 Å². The van der Waals surface area contributed by atoms with E-state index in [0.717, 1.165) is 0 Å². The molecule has 0 aliphatic carbocycles. The van der Waals surface area contributed by atoms with Gasteiger partial charge >= 0.3 is 39.7 Å². The van der Waals surface area contributed by atoms with Crippen molar-refractivity contribution < 1.29 is 71.6 Å². The minimum atomic E-state index is -4.51. The number of quaternary nitrogens is 1. The predicted octanol–water partition coefficient (Wildman–Crippen LogP) is -6.06. The zero-order chi connectivity index (χ0) is 22.4. The number of β-amino-alcohol motifs (C(OH)–C–C–N with tert-alkyl or cyclic N) is 2. The molecule has 1 atom stereocenters. The number of hydrogen-bond acceptors (Lipinski definition) is 9. The summed E-state index contributed by atoms with van der Waals surface area (Å²) >= 11 is 0. The first-order chi connectivity index (χ1) is 14.0. The van der Waals surface area contributed by atoms with Crippen LogP contribution in [0, 0.1) is 0 Å². The van der Waals surface area contributed by atoms with E-state index in [2.05, 4.69) is 4.90 Å². The molecule has 180 valence electrons. The van der Waals surface area contributed by atoms with E-state index in [1.165, 1.54) is 0 Å². The standard InChI is InChI=1S/C16H34N4O8S2.Na.H/c21-12-7-17-1-3-19(4-2-17)15-16(30(26,27)28)20(11-14-29(23,24)25)9-5-18(6-10-20)8-13-22;;/h16,21-22H,1-15H2,(H-,23,24,25,26,27,28);;/q;+1;-1/p+1. The number of hydrogen-bond donors (Lipinski definition) is 4. The molecule has 31 heavy (non-hydrogen) atoms. The summed E-state index contributed by atoms with van der Waals surface area (Å²) in [5, 5.41) is 17.0. The summed E-state index contributed by atoms with van der Waals surface area (Å²) in [5.41, 5.74) is 0. The third-order valence-corrected chi connectivity index (χ3v) is 8.17. The van der Waals surface area contributed by atoms with Gasteiger partial charge in [0.25, 0.3) is 10.1 Å². The molecule has 2 rings (SSSR count). The number of rotatable bonds is 11. The molecule has 1 unspecified atom stereocenters. The molecule has 15 heteroatoms. The van der Waals surface area contributed by atoms with Crippen LogP contribution >= 0.6 is 0 Å². The van der Waals surface area contributed by atoms with Crippen molar-refractivity contribution in [3.63, 3.8) is 0 Å². The summed E-state index contributed by atoms with van der Waals surface area (Å²) in [7, 11) is -8.81. The van der Waals surface area contributed by atoms with E-state index in [1.54, 1.807) is 0 Å². The van der Waals surface area contributed by atoms with Gasteiger partial charge in [0.2, 0.25) is 5.37 Å². The van der Waals surface area contributed by atoms with Crippen molar-refractivity contribution in [2.45, 2.75) is 5.37 Å². The van der Waals surface area contributed by atoms with E-state index in [0.29, 0.717) is 52.4 Å². The first-order valence-corrected chi connectivity index (χ1v) is 13.3. The number of aliphatic hydroxyl groups is 2. The Kier molecular flexibility index (Phi) is 12.3. The second-order valence-corrected chi connectivity index (χ2v) is 11.2. The average Bonchev–Trinajstić information content (AvgIpc) is 2.66. The number of piperazine rings is 2. The first-order valence-electron chi connectivity index (χ1n) is 10.1. The topological polar surface area (TPSA) is 159 Å². The van der Waals surface area contributed by atoms with Crippen LogP contribution in [0.25, 0.3) is 0 Å². The molecule has 12 nitrogen and oxygen atoms in total. The molecule has 2 saturated heterocycles. The van der Waals surface area contributed by atoms with Crippen LogP contribution in [0.1, 0.15) is 1.43 Å². The van der Waals surface area contributed by atoms with Gasteiger partial charge in [0.15, 0.2) is 0 Å². The summed E-state index contributed by atoms with van der Waals surface area (Å²) in [5.74, 6) is -0.594. The van der Waals surface area contributed by atoms with Gasteiger partial charge in [0.05, 0.1) is 39.4 Å². The predicted molar refractivity (Wildman–Crippen MR) is 111 cm³/mol. The quantitative estimate of drug-likeness (QED) is 0.122. The second kappa shape index (κ2) is 12.9. The number of nitrogens with zero attached hydrogens (tertiary/aromatic N) is 4.